The summed E-state index contributed by atoms with van der Waals surface area (Å²) in [7, 11) is 0. The Bertz CT molecular complexity index is 533. The van der Waals surface area contributed by atoms with Gasteiger partial charge in [-0.1, -0.05) is 0 Å². The second-order valence-electron chi connectivity index (χ2n) is 5.87. The van der Waals surface area contributed by atoms with Crippen molar-refractivity contribution in [3.05, 3.63) is 18.2 Å². The number of piperidine rings is 1. The Kier molecular flexibility index (Phi) is 6.50. The fourth-order valence-corrected chi connectivity index (χ4v) is 2.76. The fourth-order valence-electron chi connectivity index (χ4n) is 2.76. The number of carbonyl (C=O) groups is 1. The first kappa shape index (κ1) is 17.8. The van der Waals surface area contributed by atoms with Gasteiger partial charge in [0.25, 0.3) is 0 Å². The number of benzene rings is 1. The molecule has 1 aromatic carbocycles. The molecule has 2 heterocycles. The summed E-state index contributed by atoms with van der Waals surface area (Å²) in [6, 6.07) is 5.79. The minimum absolute atomic E-state index is 0. The number of hydrogen-bond donors (Lipinski definition) is 2. The predicted molar refractivity (Wildman–Crippen MR) is 91.6 cm³/mol. The van der Waals surface area contributed by atoms with Crippen LogP contribution in [0.4, 0.5) is 5.69 Å². The summed E-state index contributed by atoms with van der Waals surface area (Å²) in [6.07, 6.45) is 2.78. The highest BCUT2D eigenvalue weighted by Gasteiger charge is 2.18. The normalized spacial score (nSPS) is 18.7. The van der Waals surface area contributed by atoms with Crippen LogP contribution < -0.4 is 20.5 Å². The number of amides is 1. The van der Waals surface area contributed by atoms with Crippen molar-refractivity contribution in [1.29, 1.82) is 0 Å². The molecular weight excluding hydrogens is 318 g/mol. The second kappa shape index (κ2) is 8.38. The molecule has 1 fully saturated rings. The van der Waals surface area contributed by atoms with Crippen LogP contribution in [0.3, 0.4) is 0 Å². The minimum atomic E-state index is -0.00929. The predicted octanol–water partition coefficient (Wildman–Crippen LogP) is 1.63. The van der Waals surface area contributed by atoms with E-state index >= 15 is 0 Å². The van der Waals surface area contributed by atoms with Gasteiger partial charge < -0.3 is 20.5 Å². The van der Waals surface area contributed by atoms with Gasteiger partial charge in [0.1, 0.15) is 0 Å². The largest absolute Gasteiger partial charge is 0.490 e. The summed E-state index contributed by atoms with van der Waals surface area (Å²) in [6.45, 7) is 3.47. The maximum absolute atomic E-state index is 12.1. The maximum Gasteiger partial charge on any atom is 0.238 e. The van der Waals surface area contributed by atoms with Crippen LogP contribution >= 0.6 is 12.4 Å². The quantitative estimate of drug-likeness (QED) is 0.874. The Balaban J connectivity index is 0.00000192. The molecule has 23 heavy (non-hydrogen) atoms. The third-order valence-corrected chi connectivity index (χ3v) is 4.03. The van der Waals surface area contributed by atoms with Crippen LogP contribution in [0.5, 0.6) is 11.5 Å². The molecule has 0 bridgehead atoms. The van der Waals surface area contributed by atoms with Crippen molar-refractivity contribution in [3.8, 4) is 11.5 Å². The van der Waals surface area contributed by atoms with Crippen LogP contribution in [0.1, 0.15) is 19.3 Å². The van der Waals surface area contributed by atoms with E-state index in [9.17, 15) is 4.79 Å². The van der Waals surface area contributed by atoms with Crippen LogP contribution in [0.15, 0.2) is 18.2 Å². The molecule has 1 aromatic rings. The SMILES string of the molecule is Cl.NC1CCN(CC(=O)Nc2ccc3c(c2)OCCCO3)CC1. The summed E-state index contributed by atoms with van der Waals surface area (Å²) in [5.41, 5.74) is 6.61. The highest BCUT2D eigenvalue weighted by atomic mass is 35.5. The third kappa shape index (κ3) is 4.99. The summed E-state index contributed by atoms with van der Waals surface area (Å²) in [5.74, 6) is 1.42. The number of ether oxygens (including phenoxy) is 2. The summed E-state index contributed by atoms with van der Waals surface area (Å²) in [5, 5.41) is 2.92. The number of hydrogen-bond acceptors (Lipinski definition) is 5. The van der Waals surface area contributed by atoms with Crippen molar-refractivity contribution in [2.75, 3.05) is 38.2 Å². The van der Waals surface area contributed by atoms with Crippen molar-refractivity contribution < 1.29 is 14.3 Å². The van der Waals surface area contributed by atoms with E-state index in [2.05, 4.69) is 10.2 Å². The van der Waals surface area contributed by atoms with Gasteiger partial charge in [-0.2, -0.15) is 0 Å². The van der Waals surface area contributed by atoms with Gasteiger partial charge in [0.05, 0.1) is 19.8 Å². The molecule has 0 radical (unpaired) electrons. The van der Waals surface area contributed by atoms with E-state index in [-0.39, 0.29) is 24.4 Å². The lowest BCUT2D eigenvalue weighted by molar-refractivity contribution is -0.117. The lowest BCUT2D eigenvalue weighted by Gasteiger charge is -2.29. The molecule has 2 aliphatic rings. The summed E-state index contributed by atoms with van der Waals surface area (Å²) >= 11 is 0. The van der Waals surface area contributed by atoms with E-state index in [4.69, 9.17) is 15.2 Å². The molecule has 128 valence electrons. The highest BCUT2D eigenvalue weighted by Crippen LogP contribution is 2.32. The van der Waals surface area contributed by atoms with E-state index in [1.807, 2.05) is 18.2 Å². The van der Waals surface area contributed by atoms with Gasteiger partial charge in [-0.25, -0.2) is 0 Å². The number of nitrogens with two attached hydrogens (primary N) is 1. The molecule has 0 spiro atoms. The first-order chi connectivity index (χ1) is 10.7. The lowest BCUT2D eigenvalue weighted by atomic mass is 10.1. The highest BCUT2D eigenvalue weighted by molar-refractivity contribution is 5.92. The van der Waals surface area contributed by atoms with Crippen molar-refractivity contribution in [1.82, 2.24) is 4.90 Å². The molecule has 7 heteroatoms. The number of carbonyl (C=O) groups excluding carboxylic acids is 1. The van der Waals surface area contributed by atoms with Gasteiger partial charge in [-0.3, -0.25) is 9.69 Å². The topological polar surface area (TPSA) is 76.8 Å². The maximum atomic E-state index is 12.1. The number of anilines is 1. The van der Waals surface area contributed by atoms with Crippen molar-refractivity contribution in [2.24, 2.45) is 5.73 Å². The standard InChI is InChI=1S/C16H23N3O3.ClH/c17-12-4-6-19(7-5-12)11-16(20)18-13-2-3-14-15(10-13)22-9-1-8-21-14;/h2-3,10,12H,1,4-9,11,17H2,(H,18,20);1H. The number of halogens is 1. The fraction of sp³-hybridized carbons (Fsp3) is 0.562. The van der Waals surface area contributed by atoms with E-state index in [1.165, 1.54) is 0 Å². The van der Waals surface area contributed by atoms with Gasteiger partial charge in [-0.05, 0) is 25.0 Å². The molecule has 3 rings (SSSR count). The molecule has 0 atom stereocenters. The summed E-state index contributed by atoms with van der Waals surface area (Å²) in [4.78, 5) is 14.3. The van der Waals surface area contributed by atoms with Crippen molar-refractivity contribution in [3.63, 3.8) is 0 Å². The van der Waals surface area contributed by atoms with Crippen LogP contribution in [0.2, 0.25) is 0 Å². The molecule has 0 saturated carbocycles. The number of rotatable bonds is 3. The van der Waals surface area contributed by atoms with Gasteiger partial charge in [0.15, 0.2) is 11.5 Å². The summed E-state index contributed by atoms with van der Waals surface area (Å²) < 4.78 is 11.2. The zero-order valence-corrected chi connectivity index (χ0v) is 13.9. The molecule has 2 aliphatic heterocycles. The molecule has 6 nitrogen and oxygen atoms in total. The Morgan fingerprint density at radius 2 is 1.91 bits per heavy atom. The molecule has 0 aromatic heterocycles. The number of nitrogens with one attached hydrogen (secondary N) is 1. The Morgan fingerprint density at radius 1 is 1.22 bits per heavy atom. The lowest BCUT2D eigenvalue weighted by Crippen LogP contribution is -2.43. The zero-order chi connectivity index (χ0) is 15.4. The molecule has 0 unspecified atom stereocenters. The minimum Gasteiger partial charge on any atom is -0.490 e. The van der Waals surface area contributed by atoms with Crippen LogP contribution in [0, 0.1) is 0 Å². The Hall–Kier alpha value is -1.50. The number of fused-ring (bicyclic) bond motifs is 1. The first-order valence-corrected chi connectivity index (χ1v) is 7.88. The molecular formula is C16H24ClN3O3. The van der Waals surface area contributed by atoms with Crippen molar-refractivity contribution >= 4 is 24.0 Å². The third-order valence-electron chi connectivity index (χ3n) is 4.03. The van der Waals surface area contributed by atoms with Gasteiger partial charge >= 0.3 is 0 Å². The average molecular weight is 342 g/mol. The first-order valence-electron chi connectivity index (χ1n) is 7.88. The zero-order valence-electron chi connectivity index (χ0n) is 13.1. The van der Waals surface area contributed by atoms with Crippen molar-refractivity contribution in [2.45, 2.75) is 25.3 Å². The van der Waals surface area contributed by atoms with E-state index < -0.39 is 0 Å². The van der Waals surface area contributed by atoms with Crippen LogP contribution in [0.25, 0.3) is 0 Å². The van der Waals surface area contributed by atoms with Gasteiger partial charge in [-0.15, -0.1) is 12.4 Å². The van der Waals surface area contributed by atoms with E-state index in [0.29, 0.717) is 25.5 Å². The van der Waals surface area contributed by atoms with E-state index in [1.54, 1.807) is 0 Å². The molecule has 3 N–H and O–H groups in total. The number of nitrogens with zero attached hydrogens (tertiary/aromatic N) is 1. The van der Waals surface area contributed by atoms with Crippen LogP contribution in [-0.2, 0) is 4.79 Å². The average Bonchev–Trinajstić information content (AvgIpc) is 2.74. The Morgan fingerprint density at radius 3 is 2.65 bits per heavy atom. The monoisotopic (exact) mass is 341 g/mol. The Labute approximate surface area is 142 Å². The molecule has 0 aliphatic carbocycles. The van der Waals surface area contributed by atoms with E-state index in [0.717, 1.165) is 43.8 Å². The molecule has 1 amide bonds. The smallest absolute Gasteiger partial charge is 0.238 e. The molecule has 1 saturated heterocycles. The van der Waals surface area contributed by atoms with Gasteiger partial charge in [0, 0.05) is 37.3 Å². The number of likely N-dealkylation sites (tertiary alicyclic amines) is 1. The van der Waals surface area contributed by atoms with Gasteiger partial charge in [0.2, 0.25) is 5.91 Å². The second-order valence-corrected chi connectivity index (χ2v) is 5.87. The van der Waals surface area contributed by atoms with Crippen LogP contribution in [-0.4, -0.2) is 49.7 Å².